The number of anilines is 1. The van der Waals surface area contributed by atoms with Crippen LogP contribution in [0.2, 0.25) is 0 Å². The Hall–Kier alpha value is -3.67. The predicted molar refractivity (Wildman–Crippen MR) is 157 cm³/mol. The topological polar surface area (TPSA) is 141 Å². The second-order valence-electron chi connectivity index (χ2n) is 9.94. The van der Waals surface area contributed by atoms with Crippen LogP contribution in [0.5, 0.6) is 0 Å². The summed E-state index contributed by atoms with van der Waals surface area (Å²) in [4.78, 5) is 38.9. The van der Waals surface area contributed by atoms with E-state index >= 15 is 0 Å². The van der Waals surface area contributed by atoms with E-state index in [0.717, 1.165) is 64.5 Å². The van der Waals surface area contributed by atoms with Crippen molar-refractivity contribution in [1.29, 1.82) is 5.26 Å². The monoisotopic (exact) mass is 538 g/mol. The van der Waals surface area contributed by atoms with E-state index in [-0.39, 0.29) is 29.3 Å². The molecule has 0 heterocycles. The molecular formula is C30H46N6O3. The number of nitrogens with zero attached hydrogens (tertiary/aromatic N) is 3. The lowest BCUT2D eigenvalue weighted by atomic mass is 9.95. The van der Waals surface area contributed by atoms with Gasteiger partial charge in [-0.3, -0.25) is 25.1 Å². The Kier molecular flexibility index (Phi) is 15.9. The predicted octanol–water partition coefficient (Wildman–Crippen LogP) is 5.36. The number of imide groups is 1. The van der Waals surface area contributed by atoms with Crippen LogP contribution in [0, 0.1) is 23.2 Å². The van der Waals surface area contributed by atoms with Crippen LogP contribution in [0.1, 0.15) is 96.3 Å². The number of carbonyl (C=O) groups is 3. The van der Waals surface area contributed by atoms with E-state index in [4.69, 9.17) is 11.0 Å². The largest absolute Gasteiger partial charge is 0.390 e. The number of amides is 3. The summed E-state index contributed by atoms with van der Waals surface area (Å²) in [7, 11) is 0. The van der Waals surface area contributed by atoms with E-state index in [0.29, 0.717) is 23.1 Å². The van der Waals surface area contributed by atoms with Crippen molar-refractivity contribution in [2.24, 2.45) is 22.7 Å². The molecule has 0 saturated carbocycles. The summed E-state index contributed by atoms with van der Waals surface area (Å²) in [5.41, 5.74) is 9.18. The first kappa shape index (κ1) is 33.4. The van der Waals surface area contributed by atoms with Crippen molar-refractivity contribution in [2.45, 2.75) is 86.0 Å². The van der Waals surface area contributed by atoms with Crippen molar-refractivity contribution in [2.75, 3.05) is 18.5 Å². The Bertz CT molecular complexity index is 1030. The zero-order valence-corrected chi connectivity index (χ0v) is 24.3. The minimum Gasteiger partial charge on any atom is -0.390 e. The molecule has 1 aromatic rings. The summed E-state index contributed by atoms with van der Waals surface area (Å²) in [6, 6.07) is 8.72. The lowest BCUT2D eigenvalue weighted by Gasteiger charge is -2.31. The van der Waals surface area contributed by atoms with Gasteiger partial charge < -0.3 is 10.6 Å². The van der Waals surface area contributed by atoms with Gasteiger partial charge in [-0.2, -0.15) is 10.4 Å². The number of nitrogens with one attached hydrogen (secondary N) is 2. The standard InChI is InChI=1S/C30H46N6O3/c1-6-10-13-23(8-3)19-36(20-24(9-4)14-11-7-2)30(39)25-15-12-16-26(17-25)34-35-28(29(38)33-21-37)22(5)27(32)18-31/h12,15-17,21,23-24,34H,6-11,13-14,19-20,32H2,1-5H3,(H,33,37,38)/b27-22-,35-28-. The first-order valence-electron chi connectivity index (χ1n) is 14.1. The number of hydrogen-bond acceptors (Lipinski definition) is 7. The van der Waals surface area contributed by atoms with Gasteiger partial charge in [0.1, 0.15) is 11.8 Å². The molecule has 1 aromatic carbocycles. The zero-order chi connectivity index (χ0) is 29.2. The molecule has 1 rings (SSSR count). The molecule has 2 unspecified atom stereocenters. The van der Waals surface area contributed by atoms with Gasteiger partial charge in [-0.25, -0.2) is 0 Å². The summed E-state index contributed by atoms with van der Waals surface area (Å²) < 4.78 is 0. The number of carbonyl (C=O) groups excluding carboxylic acids is 3. The Labute approximate surface area is 233 Å². The van der Waals surface area contributed by atoms with Crippen LogP contribution in [0.3, 0.4) is 0 Å². The summed E-state index contributed by atoms with van der Waals surface area (Å²) >= 11 is 0. The van der Waals surface area contributed by atoms with Gasteiger partial charge in [-0.05, 0) is 49.8 Å². The van der Waals surface area contributed by atoms with Gasteiger partial charge in [-0.1, -0.05) is 72.3 Å². The highest BCUT2D eigenvalue weighted by Gasteiger charge is 2.23. The fourth-order valence-corrected chi connectivity index (χ4v) is 4.36. The van der Waals surface area contributed by atoms with Crippen LogP contribution >= 0.6 is 0 Å². The van der Waals surface area contributed by atoms with Crippen LogP contribution in [0.4, 0.5) is 5.69 Å². The maximum absolute atomic E-state index is 13.8. The highest BCUT2D eigenvalue weighted by molar-refractivity contribution is 6.46. The Morgan fingerprint density at radius 1 is 1.08 bits per heavy atom. The molecule has 3 amide bonds. The van der Waals surface area contributed by atoms with E-state index in [9.17, 15) is 14.4 Å². The molecule has 0 bridgehead atoms. The van der Waals surface area contributed by atoms with Crippen molar-refractivity contribution in [1.82, 2.24) is 10.2 Å². The van der Waals surface area contributed by atoms with Crippen molar-refractivity contribution in [3.8, 4) is 6.07 Å². The van der Waals surface area contributed by atoms with E-state index in [1.165, 1.54) is 6.92 Å². The molecule has 0 aliphatic carbocycles. The Morgan fingerprint density at radius 2 is 1.67 bits per heavy atom. The molecule has 0 aromatic heterocycles. The number of rotatable bonds is 18. The maximum Gasteiger partial charge on any atom is 0.278 e. The van der Waals surface area contributed by atoms with Crippen molar-refractivity contribution >= 4 is 29.6 Å². The fraction of sp³-hybridized carbons (Fsp3) is 0.567. The molecular weight excluding hydrogens is 492 g/mol. The summed E-state index contributed by atoms with van der Waals surface area (Å²) in [6.07, 6.45) is 9.04. The second kappa shape index (κ2) is 18.6. The molecule has 0 fully saturated rings. The number of nitrogens with two attached hydrogens (primary N) is 1. The molecule has 2 atom stereocenters. The summed E-state index contributed by atoms with van der Waals surface area (Å²) in [5, 5.41) is 15.2. The molecule has 39 heavy (non-hydrogen) atoms. The summed E-state index contributed by atoms with van der Waals surface area (Å²) in [5.74, 6) is 0.0590. The molecule has 0 aliphatic heterocycles. The van der Waals surface area contributed by atoms with Gasteiger partial charge in [-0.15, -0.1) is 0 Å². The maximum atomic E-state index is 13.8. The van der Waals surface area contributed by atoms with Gasteiger partial charge in [0.05, 0.1) is 5.69 Å². The number of unbranched alkanes of at least 4 members (excludes halogenated alkanes) is 2. The van der Waals surface area contributed by atoms with Crippen LogP contribution in [0.25, 0.3) is 0 Å². The third-order valence-corrected chi connectivity index (χ3v) is 7.02. The van der Waals surface area contributed by atoms with Gasteiger partial charge in [0, 0.05) is 24.2 Å². The highest BCUT2D eigenvalue weighted by Crippen LogP contribution is 2.22. The van der Waals surface area contributed by atoms with Gasteiger partial charge in [0.15, 0.2) is 5.71 Å². The minimum atomic E-state index is -0.804. The first-order valence-corrected chi connectivity index (χ1v) is 14.1. The molecule has 0 aliphatic rings. The normalized spacial score (nSPS) is 13.5. The van der Waals surface area contributed by atoms with Crippen molar-refractivity contribution < 1.29 is 14.4 Å². The molecule has 9 heteroatoms. The van der Waals surface area contributed by atoms with Crippen molar-refractivity contribution in [3.63, 3.8) is 0 Å². The van der Waals surface area contributed by atoms with E-state index < -0.39 is 5.91 Å². The number of hydrazone groups is 1. The van der Waals surface area contributed by atoms with Gasteiger partial charge in [0.2, 0.25) is 6.41 Å². The third-order valence-electron chi connectivity index (χ3n) is 7.02. The first-order chi connectivity index (χ1) is 18.8. The minimum absolute atomic E-state index is 0.0313. The molecule has 9 nitrogen and oxygen atoms in total. The molecule has 0 spiro atoms. The fourth-order valence-electron chi connectivity index (χ4n) is 4.36. The molecule has 0 radical (unpaired) electrons. The Morgan fingerprint density at radius 3 is 2.15 bits per heavy atom. The smallest absolute Gasteiger partial charge is 0.278 e. The van der Waals surface area contributed by atoms with Crippen LogP contribution in [-0.2, 0) is 9.59 Å². The average molecular weight is 539 g/mol. The van der Waals surface area contributed by atoms with Crippen LogP contribution < -0.4 is 16.5 Å². The molecule has 0 saturated heterocycles. The number of allylic oxidation sites excluding steroid dienone is 1. The number of benzene rings is 1. The van der Waals surface area contributed by atoms with Gasteiger partial charge in [0.25, 0.3) is 11.8 Å². The lowest BCUT2D eigenvalue weighted by Crippen LogP contribution is -2.39. The van der Waals surface area contributed by atoms with Crippen LogP contribution in [0.15, 0.2) is 40.6 Å². The SMILES string of the molecule is CCCCC(CC)CN(CC(CC)CCCC)C(=O)c1cccc(N/N=C(C(=O)NC=O)/C(C)=C(\N)C#N)c1. The van der Waals surface area contributed by atoms with Crippen LogP contribution in [-0.4, -0.2) is 41.9 Å². The number of nitriles is 1. The zero-order valence-electron chi connectivity index (χ0n) is 24.3. The van der Waals surface area contributed by atoms with Gasteiger partial charge >= 0.3 is 0 Å². The molecule has 214 valence electrons. The number of hydrogen-bond donors (Lipinski definition) is 3. The third kappa shape index (κ3) is 11.3. The van der Waals surface area contributed by atoms with E-state index in [1.54, 1.807) is 30.3 Å². The van der Waals surface area contributed by atoms with E-state index in [2.05, 4.69) is 38.2 Å². The summed E-state index contributed by atoms with van der Waals surface area (Å²) in [6.45, 7) is 11.7. The molecule has 4 N–H and O–H groups in total. The average Bonchev–Trinajstić information content (AvgIpc) is 2.95. The second-order valence-corrected chi connectivity index (χ2v) is 9.94. The quantitative estimate of drug-likeness (QED) is 0.0995. The van der Waals surface area contributed by atoms with Crippen molar-refractivity contribution in [3.05, 3.63) is 41.1 Å². The van der Waals surface area contributed by atoms with E-state index in [1.807, 2.05) is 10.2 Å². The lowest BCUT2D eigenvalue weighted by molar-refractivity contribution is -0.120. The Balaban J connectivity index is 3.30. The highest BCUT2D eigenvalue weighted by atomic mass is 16.2.